The molecule has 1 fully saturated rings. The Hall–Kier alpha value is -2.54. The summed E-state index contributed by atoms with van der Waals surface area (Å²) < 4.78 is 1.06. The highest BCUT2D eigenvalue weighted by molar-refractivity contribution is 7.22. The number of carbonyl (C=O) groups is 1. The highest BCUT2D eigenvalue weighted by Gasteiger charge is 2.16. The van der Waals surface area contributed by atoms with Gasteiger partial charge in [0.25, 0.3) is 5.91 Å². The number of benzene rings is 1. The van der Waals surface area contributed by atoms with Crippen LogP contribution in [0.15, 0.2) is 30.3 Å². The van der Waals surface area contributed by atoms with E-state index < -0.39 is 0 Å². The van der Waals surface area contributed by atoms with Gasteiger partial charge < -0.3 is 4.90 Å². The zero-order valence-electron chi connectivity index (χ0n) is 13.3. The minimum atomic E-state index is -0.285. The third kappa shape index (κ3) is 2.82. The van der Waals surface area contributed by atoms with Crippen molar-refractivity contribution in [2.75, 3.05) is 23.3 Å². The highest BCUT2D eigenvalue weighted by atomic mass is 32.1. The first-order valence-corrected chi connectivity index (χ1v) is 8.78. The van der Waals surface area contributed by atoms with Gasteiger partial charge in [-0.15, -0.1) is 10.2 Å². The number of amides is 1. The maximum atomic E-state index is 12.3. The summed E-state index contributed by atoms with van der Waals surface area (Å²) in [4.78, 5) is 19.0. The van der Waals surface area contributed by atoms with Crippen LogP contribution in [0.25, 0.3) is 10.2 Å². The summed E-state index contributed by atoms with van der Waals surface area (Å²) in [5.74, 6) is 0.548. The Bertz CT molecular complexity index is 884. The van der Waals surface area contributed by atoms with Crippen molar-refractivity contribution >= 4 is 38.4 Å². The van der Waals surface area contributed by atoms with Gasteiger partial charge in [-0.1, -0.05) is 23.5 Å². The Morgan fingerprint density at radius 2 is 2.00 bits per heavy atom. The molecule has 4 rings (SSSR count). The molecule has 0 unspecified atom stereocenters. The number of thiazole rings is 1. The number of aromatic nitrogens is 3. The van der Waals surface area contributed by atoms with Crippen LogP contribution in [-0.4, -0.2) is 34.2 Å². The van der Waals surface area contributed by atoms with E-state index in [0.717, 1.165) is 34.7 Å². The monoisotopic (exact) mass is 339 g/mol. The molecule has 0 saturated carbocycles. The molecule has 1 saturated heterocycles. The van der Waals surface area contributed by atoms with Gasteiger partial charge in [-0.25, -0.2) is 4.98 Å². The van der Waals surface area contributed by atoms with Crippen molar-refractivity contribution in [3.8, 4) is 0 Å². The largest absolute Gasteiger partial charge is 0.355 e. The lowest BCUT2D eigenvalue weighted by atomic mass is 10.2. The molecular weight excluding hydrogens is 322 g/mol. The Kier molecular flexibility index (Phi) is 3.86. The predicted molar refractivity (Wildman–Crippen MR) is 95.8 cm³/mol. The number of nitrogens with zero attached hydrogens (tertiary/aromatic N) is 4. The number of aryl methyl sites for hydroxylation is 1. The van der Waals surface area contributed by atoms with Crippen LogP contribution >= 0.6 is 11.3 Å². The molecule has 3 aromatic rings. The summed E-state index contributed by atoms with van der Waals surface area (Å²) in [6.07, 6.45) is 2.36. The molecule has 0 spiro atoms. The zero-order valence-corrected chi connectivity index (χ0v) is 14.1. The summed E-state index contributed by atoms with van der Waals surface area (Å²) in [5, 5.41) is 11.6. The van der Waals surface area contributed by atoms with Crippen molar-refractivity contribution in [1.29, 1.82) is 0 Å². The first-order valence-electron chi connectivity index (χ1n) is 7.97. The molecule has 0 atom stereocenters. The van der Waals surface area contributed by atoms with Crippen molar-refractivity contribution in [3.63, 3.8) is 0 Å². The van der Waals surface area contributed by atoms with Gasteiger partial charge >= 0.3 is 0 Å². The van der Waals surface area contributed by atoms with Crippen LogP contribution in [0.3, 0.4) is 0 Å². The van der Waals surface area contributed by atoms with Gasteiger partial charge in [0.05, 0.1) is 10.2 Å². The van der Waals surface area contributed by atoms with Crippen molar-refractivity contribution in [3.05, 3.63) is 41.6 Å². The van der Waals surface area contributed by atoms with Gasteiger partial charge in [0, 0.05) is 13.1 Å². The smallest absolute Gasteiger partial charge is 0.277 e. The molecule has 2 aromatic heterocycles. The number of rotatable bonds is 3. The lowest BCUT2D eigenvalue weighted by Gasteiger charge is -2.14. The van der Waals surface area contributed by atoms with E-state index >= 15 is 0 Å². The molecule has 24 heavy (non-hydrogen) atoms. The lowest BCUT2D eigenvalue weighted by Crippen LogP contribution is -2.20. The average Bonchev–Trinajstić information content (AvgIpc) is 3.25. The first-order chi connectivity index (χ1) is 11.7. The Morgan fingerprint density at radius 3 is 2.71 bits per heavy atom. The predicted octanol–water partition coefficient (Wildman–Crippen LogP) is 3.25. The third-order valence-electron chi connectivity index (χ3n) is 4.15. The fourth-order valence-corrected chi connectivity index (χ4v) is 3.80. The van der Waals surface area contributed by atoms with Crippen LogP contribution in [0.2, 0.25) is 0 Å². The molecule has 0 aliphatic carbocycles. The quantitative estimate of drug-likeness (QED) is 0.793. The fourth-order valence-electron chi connectivity index (χ4n) is 2.86. The second kappa shape index (κ2) is 6.16. The Labute approximate surface area is 143 Å². The number of nitrogens with one attached hydrogen (secondary N) is 1. The van der Waals surface area contributed by atoms with Gasteiger partial charge in [-0.2, -0.15) is 0 Å². The molecule has 1 aliphatic rings. The van der Waals surface area contributed by atoms with Crippen molar-refractivity contribution in [1.82, 2.24) is 15.2 Å². The number of fused-ring (bicyclic) bond motifs is 1. The van der Waals surface area contributed by atoms with E-state index in [1.807, 2.05) is 31.2 Å². The standard InChI is InChI=1S/C17H17N5OS/c1-11-5-4-6-13-15(11)18-17(24-13)19-16(23)12-7-8-14(21-20-12)22-9-2-3-10-22/h4-8H,2-3,9-10H2,1H3,(H,18,19,23). The fraction of sp³-hybridized carbons (Fsp3) is 0.294. The van der Waals surface area contributed by atoms with Crippen molar-refractivity contribution in [2.24, 2.45) is 0 Å². The molecule has 1 aliphatic heterocycles. The van der Waals surface area contributed by atoms with E-state index in [1.54, 1.807) is 6.07 Å². The maximum absolute atomic E-state index is 12.3. The van der Waals surface area contributed by atoms with Gasteiger partial charge in [0.15, 0.2) is 16.6 Å². The highest BCUT2D eigenvalue weighted by Crippen LogP contribution is 2.28. The van der Waals surface area contributed by atoms with Crippen LogP contribution < -0.4 is 10.2 Å². The third-order valence-corrected chi connectivity index (χ3v) is 5.09. The van der Waals surface area contributed by atoms with Crippen molar-refractivity contribution in [2.45, 2.75) is 19.8 Å². The Morgan fingerprint density at radius 1 is 1.17 bits per heavy atom. The lowest BCUT2D eigenvalue weighted by molar-refractivity contribution is 0.102. The molecule has 122 valence electrons. The molecule has 6 nitrogen and oxygen atoms in total. The number of anilines is 2. The second-order valence-corrected chi connectivity index (χ2v) is 6.90. The van der Waals surface area contributed by atoms with Gasteiger partial charge in [0.2, 0.25) is 0 Å². The number of hydrogen-bond donors (Lipinski definition) is 1. The summed E-state index contributed by atoms with van der Waals surface area (Å²) in [7, 11) is 0. The zero-order chi connectivity index (χ0) is 16.5. The Balaban J connectivity index is 1.51. The second-order valence-electron chi connectivity index (χ2n) is 5.87. The van der Waals surface area contributed by atoms with Gasteiger partial charge in [-0.05, 0) is 43.5 Å². The summed E-state index contributed by atoms with van der Waals surface area (Å²) >= 11 is 1.46. The van der Waals surface area contributed by atoms with E-state index in [-0.39, 0.29) is 5.91 Å². The average molecular weight is 339 g/mol. The van der Waals surface area contributed by atoms with E-state index in [4.69, 9.17) is 0 Å². The normalized spacial score (nSPS) is 14.3. The maximum Gasteiger partial charge on any atom is 0.277 e. The number of carbonyl (C=O) groups excluding carboxylic acids is 1. The van der Waals surface area contributed by atoms with Crippen LogP contribution in [0.5, 0.6) is 0 Å². The van der Waals surface area contributed by atoms with Gasteiger partial charge in [0.1, 0.15) is 0 Å². The molecule has 0 radical (unpaired) electrons. The molecule has 1 amide bonds. The number of para-hydroxylation sites is 1. The van der Waals surface area contributed by atoms with E-state index in [2.05, 4.69) is 25.4 Å². The first kappa shape index (κ1) is 15.0. The van der Waals surface area contributed by atoms with Crippen LogP contribution in [0.4, 0.5) is 10.9 Å². The number of hydrogen-bond acceptors (Lipinski definition) is 6. The molecule has 1 aromatic carbocycles. The topological polar surface area (TPSA) is 71.0 Å². The van der Waals surface area contributed by atoms with Crippen LogP contribution in [0.1, 0.15) is 28.9 Å². The van der Waals surface area contributed by atoms with E-state index in [0.29, 0.717) is 10.8 Å². The van der Waals surface area contributed by atoms with E-state index in [1.165, 1.54) is 24.2 Å². The molecular formula is C17H17N5OS. The minimum Gasteiger partial charge on any atom is -0.355 e. The molecule has 7 heteroatoms. The van der Waals surface area contributed by atoms with Crippen LogP contribution in [-0.2, 0) is 0 Å². The molecule has 1 N–H and O–H groups in total. The van der Waals surface area contributed by atoms with Crippen LogP contribution in [0, 0.1) is 6.92 Å². The molecule has 0 bridgehead atoms. The van der Waals surface area contributed by atoms with Crippen molar-refractivity contribution < 1.29 is 4.79 Å². The molecule has 3 heterocycles. The summed E-state index contributed by atoms with van der Waals surface area (Å²) in [6, 6.07) is 9.57. The minimum absolute atomic E-state index is 0.285. The summed E-state index contributed by atoms with van der Waals surface area (Å²) in [5.41, 5.74) is 2.32. The SMILES string of the molecule is Cc1cccc2sc(NC(=O)c3ccc(N4CCCC4)nn3)nc12. The van der Waals surface area contributed by atoms with E-state index in [9.17, 15) is 4.79 Å². The van der Waals surface area contributed by atoms with Gasteiger partial charge in [-0.3, -0.25) is 10.1 Å². The summed E-state index contributed by atoms with van der Waals surface area (Å²) in [6.45, 7) is 4.02.